The van der Waals surface area contributed by atoms with Crippen molar-refractivity contribution in [1.82, 2.24) is 15.2 Å². The Bertz CT molecular complexity index is 985. The summed E-state index contributed by atoms with van der Waals surface area (Å²) in [5.41, 5.74) is 1.03. The molecule has 2 amide bonds. The number of benzene rings is 1. The number of anilines is 1. The summed E-state index contributed by atoms with van der Waals surface area (Å²) in [5, 5.41) is 2.97. The molecular weight excluding hydrogens is 424 g/mol. The number of nitrogens with one attached hydrogen (secondary N) is 1. The minimum Gasteiger partial charge on any atom is -0.497 e. The van der Waals surface area contributed by atoms with Gasteiger partial charge in [0.1, 0.15) is 17.3 Å². The van der Waals surface area contributed by atoms with Gasteiger partial charge in [0.25, 0.3) is 11.8 Å². The van der Waals surface area contributed by atoms with E-state index in [1.165, 1.54) is 7.11 Å². The van der Waals surface area contributed by atoms with Crippen molar-refractivity contribution < 1.29 is 23.8 Å². The Morgan fingerprint density at radius 3 is 2.64 bits per heavy atom. The van der Waals surface area contributed by atoms with Crippen molar-refractivity contribution in [2.45, 2.75) is 18.9 Å². The number of rotatable bonds is 7. The zero-order chi connectivity index (χ0) is 23.2. The predicted octanol–water partition coefficient (Wildman–Crippen LogP) is 1.97. The maximum absolute atomic E-state index is 13.1. The maximum Gasteiger partial charge on any atom is 0.257 e. The summed E-state index contributed by atoms with van der Waals surface area (Å²) in [6.07, 6.45) is 3.77. The summed E-state index contributed by atoms with van der Waals surface area (Å²) in [6, 6.07) is 8.73. The Labute approximate surface area is 193 Å². The first-order valence-electron chi connectivity index (χ1n) is 11.2. The van der Waals surface area contributed by atoms with E-state index in [9.17, 15) is 9.59 Å². The summed E-state index contributed by atoms with van der Waals surface area (Å²) in [4.78, 5) is 34.2. The number of hydrogen-bond donors (Lipinski definition) is 1. The van der Waals surface area contributed by atoms with E-state index >= 15 is 0 Å². The molecule has 0 aliphatic carbocycles. The molecule has 2 saturated heterocycles. The number of carbonyl (C=O) groups is 2. The fraction of sp³-hybridized carbons (Fsp3) is 0.458. The van der Waals surface area contributed by atoms with Gasteiger partial charge in [0, 0.05) is 51.6 Å². The van der Waals surface area contributed by atoms with E-state index in [2.05, 4.69) is 15.2 Å². The lowest BCUT2D eigenvalue weighted by atomic mass is 10.1. The van der Waals surface area contributed by atoms with Crippen molar-refractivity contribution in [3.63, 3.8) is 0 Å². The molecule has 2 aromatic rings. The van der Waals surface area contributed by atoms with Gasteiger partial charge in [-0.25, -0.2) is 4.98 Å². The number of nitrogens with zero attached hydrogens (tertiary/aromatic N) is 3. The van der Waals surface area contributed by atoms with Crippen molar-refractivity contribution >= 4 is 17.6 Å². The SMILES string of the molecule is COc1ccc(C(=O)N2CCN(c3ncccc3C(=O)NCC3CCCO3)CC2)c(OC)c1. The molecule has 2 fully saturated rings. The van der Waals surface area contributed by atoms with Gasteiger partial charge >= 0.3 is 0 Å². The van der Waals surface area contributed by atoms with Crippen LogP contribution in [-0.2, 0) is 4.74 Å². The summed E-state index contributed by atoms with van der Waals surface area (Å²) >= 11 is 0. The standard InChI is InChI=1S/C24H30N4O5/c1-31-17-7-8-19(21(15-17)32-2)24(30)28-12-10-27(11-13-28)22-20(6-3-9-25-22)23(29)26-16-18-5-4-14-33-18/h3,6-9,15,18H,4-5,10-14,16H2,1-2H3,(H,26,29). The molecule has 2 aliphatic rings. The Hall–Kier alpha value is -3.33. The summed E-state index contributed by atoms with van der Waals surface area (Å²) in [5.74, 6) is 1.50. The molecule has 0 bridgehead atoms. The number of piperazine rings is 1. The van der Waals surface area contributed by atoms with Crippen LogP contribution in [0.25, 0.3) is 0 Å². The van der Waals surface area contributed by atoms with Gasteiger partial charge in [-0.05, 0) is 37.1 Å². The van der Waals surface area contributed by atoms with Gasteiger partial charge < -0.3 is 29.3 Å². The third kappa shape index (κ3) is 5.19. The lowest BCUT2D eigenvalue weighted by Gasteiger charge is -2.36. The Kier molecular flexibility index (Phi) is 7.29. The second-order valence-electron chi connectivity index (χ2n) is 8.07. The van der Waals surface area contributed by atoms with Crippen molar-refractivity contribution in [2.24, 2.45) is 0 Å². The average Bonchev–Trinajstić information content (AvgIpc) is 3.40. The molecule has 3 heterocycles. The zero-order valence-corrected chi connectivity index (χ0v) is 19.1. The van der Waals surface area contributed by atoms with Gasteiger partial charge in [-0.1, -0.05) is 0 Å². The van der Waals surface area contributed by atoms with E-state index < -0.39 is 0 Å². The molecule has 1 unspecified atom stereocenters. The molecule has 2 aliphatic heterocycles. The fourth-order valence-corrected chi connectivity index (χ4v) is 4.20. The smallest absolute Gasteiger partial charge is 0.257 e. The van der Waals surface area contributed by atoms with Crippen LogP contribution in [-0.4, -0.2) is 81.4 Å². The zero-order valence-electron chi connectivity index (χ0n) is 19.1. The average molecular weight is 455 g/mol. The van der Waals surface area contributed by atoms with Crippen LogP contribution in [0.1, 0.15) is 33.6 Å². The number of pyridine rings is 1. The third-order valence-corrected chi connectivity index (χ3v) is 6.05. The molecule has 1 N–H and O–H groups in total. The molecule has 4 rings (SSSR count). The normalized spacial score (nSPS) is 18.2. The molecule has 0 radical (unpaired) electrons. The number of amides is 2. The predicted molar refractivity (Wildman–Crippen MR) is 123 cm³/mol. The minimum atomic E-state index is -0.157. The third-order valence-electron chi connectivity index (χ3n) is 6.05. The van der Waals surface area contributed by atoms with Crippen LogP contribution >= 0.6 is 0 Å². The van der Waals surface area contributed by atoms with Crippen LogP contribution < -0.4 is 19.7 Å². The lowest BCUT2D eigenvalue weighted by molar-refractivity contribution is 0.0742. The topological polar surface area (TPSA) is 93.2 Å². The van der Waals surface area contributed by atoms with Gasteiger partial charge in [-0.3, -0.25) is 9.59 Å². The monoisotopic (exact) mass is 454 g/mol. The molecule has 33 heavy (non-hydrogen) atoms. The highest BCUT2D eigenvalue weighted by Crippen LogP contribution is 2.27. The summed E-state index contributed by atoms with van der Waals surface area (Å²) in [7, 11) is 3.11. The number of hydrogen-bond acceptors (Lipinski definition) is 7. The van der Waals surface area contributed by atoms with Crippen LogP contribution in [0.2, 0.25) is 0 Å². The van der Waals surface area contributed by atoms with Gasteiger partial charge in [-0.15, -0.1) is 0 Å². The van der Waals surface area contributed by atoms with Crippen LogP contribution in [0.15, 0.2) is 36.5 Å². The van der Waals surface area contributed by atoms with Gasteiger partial charge in [0.05, 0.1) is 31.5 Å². The summed E-state index contributed by atoms with van der Waals surface area (Å²) < 4.78 is 16.2. The molecule has 1 aromatic carbocycles. The van der Waals surface area contributed by atoms with Crippen molar-refractivity contribution in [3.8, 4) is 11.5 Å². The van der Waals surface area contributed by atoms with Crippen LogP contribution in [0, 0.1) is 0 Å². The number of methoxy groups -OCH3 is 2. The van der Waals surface area contributed by atoms with Crippen LogP contribution in [0.5, 0.6) is 11.5 Å². The molecule has 0 saturated carbocycles. The molecule has 1 aromatic heterocycles. The lowest BCUT2D eigenvalue weighted by Crippen LogP contribution is -2.49. The molecule has 1 atom stereocenters. The first-order valence-corrected chi connectivity index (χ1v) is 11.2. The van der Waals surface area contributed by atoms with E-state index in [4.69, 9.17) is 14.2 Å². The van der Waals surface area contributed by atoms with Crippen molar-refractivity contribution in [3.05, 3.63) is 47.7 Å². The first-order chi connectivity index (χ1) is 16.1. The number of ether oxygens (including phenoxy) is 3. The van der Waals surface area contributed by atoms with Gasteiger partial charge in [0.2, 0.25) is 0 Å². The molecular formula is C24H30N4O5. The highest BCUT2D eigenvalue weighted by Gasteiger charge is 2.27. The molecule has 176 valence electrons. The van der Waals surface area contributed by atoms with Gasteiger partial charge in [-0.2, -0.15) is 0 Å². The van der Waals surface area contributed by atoms with E-state index in [1.54, 1.807) is 48.5 Å². The van der Waals surface area contributed by atoms with E-state index in [0.717, 1.165) is 19.4 Å². The quantitative estimate of drug-likeness (QED) is 0.684. The Morgan fingerprint density at radius 2 is 1.94 bits per heavy atom. The fourth-order valence-electron chi connectivity index (χ4n) is 4.20. The van der Waals surface area contributed by atoms with Gasteiger partial charge in [0.15, 0.2) is 0 Å². The maximum atomic E-state index is 13.1. The van der Waals surface area contributed by atoms with Crippen molar-refractivity contribution in [2.75, 3.05) is 58.5 Å². The highest BCUT2D eigenvalue weighted by atomic mass is 16.5. The Balaban J connectivity index is 1.40. The second-order valence-corrected chi connectivity index (χ2v) is 8.07. The minimum absolute atomic E-state index is 0.0820. The number of carbonyl (C=O) groups excluding carboxylic acids is 2. The second kappa shape index (κ2) is 10.5. The molecule has 9 nitrogen and oxygen atoms in total. The molecule has 9 heteroatoms. The number of aromatic nitrogens is 1. The molecule has 0 spiro atoms. The highest BCUT2D eigenvalue weighted by molar-refractivity contribution is 5.99. The Morgan fingerprint density at radius 1 is 1.12 bits per heavy atom. The van der Waals surface area contributed by atoms with E-state index in [-0.39, 0.29) is 17.9 Å². The van der Waals surface area contributed by atoms with Crippen molar-refractivity contribution in [1.29, 1.82) is 0 Å². The largest absolute Gasteiger partial charge is 0.497 e. The summed E-state index contributed by atoms with van der Waals surface area (Å²) in [6.45, 7) is 3.44. The van der Waals surface area contributed by atoms with E-state index in [1.807, 2.05) is 0 Å². The van der Waals surface area contributed by atoms with Crippen LogP contribution in [0.4, 0.5) is 5.82 Å². The van der Waals surface area contributed by atoms with E-state index in [0.29, 0.717) is 61.2 Å². The first kappa shape index (κ1) is 22.8. The van der Waals surface area contributed by atoms with Crippen LogP contribution in [0.3, 0.4) is 0 Å².